The Hall–Kier alpha value is -0.573. The molecule has 0 saturated heterocycles. The summed E-state index contributed by atoms with van der Waals surface area (Å²) in [5, 5.41) is -5.73. The summed E-state index contributed by atoms with van der Waals surface area (Å²) < 4.78 is 62.7. The maximum absolute atomic E-state index is 12.8. The van der Waals surface area contributed by atoms with Gasteiger partial charge in [-0.1, -0.05) is 24.7 Å². The van der Waals surface area contributed by atoms with E-state index in [-0.39, 0.29) is 0 Å². The second-order valence-electron chi connectivity index (χ2n) is 5.10. The Labute approximate surface area is 99.5 Å². The summed E-state index contributed by atoms with van der Waals surface area (Å²) in [6.07, 6.45) is 0. The number of carbonyl (C=O) groups excluding carboxylic acids is 1. The van der Waals surface area contributed by atoms with Gasteiger partial charge in [-0.25, -0.2) is 4.79 Å². The maximum atomic E-state index is 12.8. The molecule has 17 heavy (non-hydrogen) atoms. The number of alkyl halides is 2. The molecule has 0 amide bonds. The predicted octanol–water partition coefficient (Wildman–Crippen LogP) is 2.43. The molecule has 0 aromatic carbocycles. The van der Waals surface area contributed by atoms with E-state index >= 15 is 0 Å². The molecule has 102 valence electrons. The Morgan fingerprint density at radius 2 is 1.53 bits per heavy atom. The lowest BCUT2D eigenvalue weighted by molar-refractivity contribution is -0.152. The van der Waals surface area contributed by atoms with Crippen molar-refractivity contribution in [1.82, 2.24) is 0 Å². The van der Waals surface area contributed by atoms with Gasteiger partial charge in [-0.15, -0.1) is 0 Å². The molecule has 0 aromatic rings. The monoisotopic (exact) mass is 292 g/mol. The first kappa shape index (κ1) is 16.4. The molecule has 0 aliphatic carbocycles. The van der Waals surface area contributed by atoms with E-state index < -0.39 is 34.8 Å². The van der Waals surface area contributed by atoms with Crippen LogP contribution in [0.3, 0.4) is 0 Å². The van der Waals surface area contributed by atoms with Gasteiger partial charge < -0.3 is 4.43 Å². The highest BCUT2D eigenvalue weighted by atomic mass is 32.3. The van der Waals surface area contributed by atoms with Crippen molar-refractivity contribution >= 4 is 24.5 Å². The van der Waals surface area contributed by atoms with E-state index in [0.29, 0.717) is 0 Å². The summed E-state index contributed by atoms with van der Waals surface area (Å²) in [7, 11) is -9.22. The summed E-state index contributed by atoms with van der Waals surface area (Å²) in [4.78, 5) is 11.0. The van der Waals surface area contributed by atoms with Gasteiger partial charge in [0, 0.05) is 0 Å². The highest BCUT2D eigenvalue weighted by Gasteiger charge is 2.57. The zero-order valence-electron chi connectivity index (χ0n) is 10.2. The minimum absolute atomic E-state index is 0.585. The molecule has 9 heteroatoms. The number of hydrogen-bond acceptors (Lipinski definition) is 4. The first-order chi connectivity index (χ1) is 7.13. The van der Waals surface area contributed by atoms with Crippen molar-refractivity contribution in [1.29, 1.82) is 0 Å². The van der Waals surface area contributed by atoms with Gasteiger partial charge in [-0.05, 0) is 18.1 Å². The van der Waals surface area contributed by atoms with Gasteiger partial charge in [0.15, 0.2) is 0 Å². The largest absolute Gasteiger partial charge is 0.514 e. The molecular formula is C8H15F3O4SSi. The molecule has 0 fully saturated rings. The third-order valence-electron chi connectivity index (χ3n) is 2.70. The first-order valence-corrected chi connectivity index (χ1v) is 8.97. The van der Waals surface area contributed by atoms with Gasteiger partial charge >= 0.3 is 21.4 Å². The molecular weight excluding hydrogens is 277 g/mol. The van der Waals surface area contributed by atoms with Crippen LogP contribution in [0, 0.1) is 0 Å². The van der Waals surface area contributed by atoms with Crippen LogP contribution in [0.25, 0.3) is 0 Å². The van der Waals surface area contributed by atoms with Crippen molar-refractivity contribution in [2.45, 2.75) is 44.2 Å². The molecule has 0 heterocycles. The topological polar surface area (TPSA) is 60.4 Å². The summed E-state index contributed by atoms with van der Waals surface area (Å²) in [5.74, 6) is -2.36. The van der Waals surface area contributed by atoms with Crippen LogP contribution in [0.2, 0.25) is 18.1 Å². The van der Waals surface area contributed by atoms with Crippen molar-refractivity contribution in [3.8, 4) is 0 Å². The van der Waals surface area contributed by atoms with Crippen LogP contribution in [0.4, 0.5) is 12.7 Å². The fraction of sp³-hybridized carbons (Fsp3) is 0.875. The molecule has 0 spiro atoms. The SMILES string of the molecule is CC(C)(C)[Si](C)(C)OC(=O)C(F)(F)S(=O)(=O)F. The minimum Gasteiger partial charge on any atom is -0.514 e. The van der Waals surface area contributed by atoms with Crippen molar-refractivity contribution < 1.29 is 30.3 Å². The Morgan fingerprint density at radius 1 is 1.18 bits per heavy atom. The summed E-state index contributed by atoms with van der Waals surface area (Å²) in [6, 6.07) is 0. The Morgan fingerprint density at radius 3 is 1.76 bits per heavy atom. The fourth-order valence-corrected chi connectivity index (χ4v) is 1.76. The second-order valence-corrected chi connectivity index (χ2v) is 11.2. The van der Waals surface area contributed by atoms with Gasteiger partial charge in [0.05, 0.1) is 0 Å². The van der Waals surface area contributed by atoms with Gasteiger partial charge in [0.2, 0.25) is 0 Å². The molecule has 0 unspecified atom stereocenters. The highest BCUT2D eigenvalue weighted by molar-refractivity contribution is 7.88. The van der Waals surface area contributed by atoms with Crippen LogP contribution in [-0.4, -0.2) is 28.0 Å². The lowest BCUT2D eigenvalue weighted by atomic mass is 10.2. The van der Waals surface area contributed by atoms with E-state index in [9.17, 15) is 25.9 Å². The summed E-state index contributed by atoms with van der Waals surface area (Å²) in [6.45, 7) is 7.91. The maximum Gasteiger partial charge on any atom is 0.469 e. The van der Waals surface area contributed by atoms with Crippen molar-refractivity contribution in [3.05, 3.63) is 0 Å². The molecule has 0 rings (SSSR count). The lowest BCUT2D eigenvalue weighted by Gasteiger charge is -2.35. The van der Waals surface area contributed by atoms with Gasteiger partial charge in [0.1, 0.15) is 0 Å². The zero-order chi connectivity index (χ0) is 14.3. The average Bonchev–Trinajstić information content (AvgIpc) is 1.98. The molecule has 0 aliphatic heterocycles. The third kappa shape index (κ3) is 3.44. The van der Waals surface area contributed by atoms with Crippen LogP contribution in [-0.2, 0) is 19.4 Å². The highest BCUT2D eigenvalue weighted by Crippen LogP contribution is 2.38. The molecule has 0 N–H and O–H groups in total. The molecule has 0 aromatic heterocycles. The molecule has 0 bridgehead atoms. The third-order valence-corrected chi connectivity index (χ3v) is 7.79. The summed E-state index contributed by atoms with van der Waals surface area (Å²) >= 11 is 0. The van der Waals surface area contributed by atoms with Crippen LogP contribution in [0.1, 0.15) is 20.8 Å². The van der Waals surface area contributed by atoms with Gasteiger partial charge in [-0.3, -0.25) is 0 Å². The zero-order valence-corrected chi connectivity index (χ0v) is 12.0. The Balaban J connectivity index is 5.16. The normalized spacial score (nSPS) is 14.6. The number of halogens is 3. The lowest BCUT2D eigenvalue weighted by Crippen LogP contribution is -2.48. The van der Waals surface area contributed by atoms with E-state index in [2.05, 4.69) is 4.43 Å². The van der Waals surface area contributed by atoms with E-state index in [4.69, 9.17) is 0 Å². The van der Waals surface area contributed by atoms with Crippen LogP contribution in [0.5, 0.6) is 0 Å². The van der Waals surface area contributed by atoms with E-state index in [1.165, 1.54) is 13.1 Å². The Bertz CT molecular complexity index is 411. The van der Waals surface area contributed by atoms with E-state index in [0.717, 1.165) is 0 Å². The smallest absolute Gasteiger partial charge is 0.469 e. The average molecular weight is 292 g/mol. The quantitative estimate of drug-likeness (QED) is 0.592. The van der Waals surface area contributed by atoms with Crippen molar-refractivity contribution in [3.63, 3.8) is 0 Å². The van der Waals surface area contributed by atoms with Crippen LogP contribution < -0.4 is 0 Å². The first-order valence-electron chi connectivity index (χ1n) is 4.68. The molecule has 4 nitrogen and oxygen atoms in total. The summed E-state index contributed by atoms with van der Waals surface area (Å²) in [5.41, 5.74) is 0. The molecule has 0 atom stereocenters. The van der Waals surface area contributed by atoms with E-state index in [1.807, 2.05) is 0 Å². The van der Waals surface area contributed by atoms with Crippen molar-refractivity contribution in [2.75, 3.05) is 0 Å². The van der Waals surface area contributed by atoms with Gasteiger partial charge in [-0.2, -0.15) is 17.2 Å². The number of hydrogen-bond donors (Lipinski definition) is 0. The number of carbonyl (C=O) groups is 1. The predicted molar refractivity (Wildman–Crippen MR) is 58.3 cm³/mol. The minimum atomic E-state index is -6.31. The fourth-order valence-electron chi connectivity index (χ4n) is 0.544. The van der Waals surface area contributed by atoms with E-state index in [1.54, 1.807) is 20.8 Å². The van der Waals surface area contributed by atoms with Gasteiger partial charge in [0.25, 0.3) is 8.32 Å². The van der Waals surface area contributed by atoms with Crippen molar-refractivity contribution in [2.24, 2.45) is 0 Å². The van der Waals surface area contributed by atoms with Crippen LogP contribution in [0.15, 0.2) is 0 Å². The number of rotatable bonds is 3. The standard InChI is InChI=1S/C8H15F3O4SSi/c1-7(2,3)17(4,5)15-6(12)8(9,10)16(11,13)14/h1-5H3. The Kier molecular flexibility index (Phi) is 4.12. The second kappa shape index (κ2) is 4.27. The molecule has 0 saturated carbocycles. The van der Waals surface area contributed by atoms with Crippen LogP contribution >= 0.6 is 0 Å². The molecule has 0 aliphatic rings. The molecule has 0 radical (unpaired) electrons.